The molecule has 3 amide bonds. The van der Waals surface area contributed by atoms with Crippen molar-refractivity contribution in [1.29, 1.82) is 0 Å². The average Bonchev–Trinajstić information content (AvgIpc) is 2.55. The maximum Gasteiger partial charge on any atom is 0.331 e. The van der Waals surface area contributed by atoms with E-state index >= 15 is 0 Å². The molecule has 2 N–H and O–H groups in total. The van der Waals surface area contributed by atoms with Crippen LogP contribution < -0.4 is 20.1 Å². The number of nitrogens with one attached hydrogen (secondary N) is 2. The molecule has 26 heavy (non-hydrogen) atoms. The molecule has 142 valence electrons. The first kappa shape index (κ1) is 21.0. The third-order valence-corrected chi connectivity index (χ3v) is 2.92. The number of methoxy groups -OCH3 is 2. The number of urea groups is 1. The summed E-state index contributed by atoms with van der Waals surface area (Å²) in [7, 11) is 3.03. The molecule has 0 saturated heterocycles. The van der Waals surface area contributed by atoms with Gasteiger partial charge in [0, 0.05) is 17.2 Å². The van der Waals surface area contributed by atoms with Gasteiger partial charge in [0.1, 0.15) is 11.5 Å². The van der Waals surface area contributed by atoms with Gasteiger partial charge in [-0.2, -0.15) is 0 Å². The molecule has 0 aliphatic heterocycles. The number of hydrogen-bond donors (Lipinski definition) is 2. The second kappa shape index (κ2) is 9.45. The van der Waals surface area contributed by atoms with E-state index in [1.807, 2.05) is 0 Å². The summed E-state index contributed by atoms with van der Waals surface area (Å²) < 4.78 is 15.1. The summed E-state index contributed by atoms with van der Waals surface area (Å²) in [4.78, 5) is 34.9. The Bertz CT molecular complexity index is 691. The molecule has 0 atom stereocenters. The van der Waals surface area contributed by atoms with Gasteiger partial charge in [0.15, 0.2) is 6.61 Å². The Morgan fingerprint density at radius 3 is 2.38 bits per heavy atom. The molecule has 0 bridgehead atoms. The third kappa shape index (κ3) is 7.69. The van der Waals surface area contributed by atoms with Crippen LogP contribution in [0.5, 0.6) is 11.5 Å². The lowest BCUT2D eigenvalue weighted by molar-refractivity contribution is -0.143. The molecule has 0 unspecified atom stereocenters. The number of imide groups is 1. The lowest BCUT2D eigenvalue weighted by atomic mass is 10.1. The highest BCUT2D eigenvalue weighted by Gasteiger charge is 2.16. The molecule has 0 aromatic heterocycles. The number of rotatable bonds is 6. The van der Waals surface area contributed by atoms with Gasteiger partial charge >= 0.3 is 12.0 Å². The number of amides is 3. The molecule has 0 fully saturated rings. The molecular weight excluding hydrogens is 340 g/mol. The first-order chi connectivity index (χ1) is 12.1. The van der Waals surface area contributed by atoms with Crippen molar-refractivity contribution in [3.05, 3.63) is 29.8 Å². The Balaban J connectivity index is 2.55. The van der Waals surface area contributed by atoms with Crippen LogP contribution >= 0.6 is 0 Å². The number of benzene rings is 1. The smallest absolute Gasteiger partial charge is 0.331 e. The van der Waals surface area contributed by atoms with Crippen molar-refractivity contribution in [3.8, 4) is 11.5 Å². The van der Waals surface area contributed by atoms with E-state index in [0.29, 0.717) is 17.1 Å². The molecule has 8 nitrogen and oxygen atoms in total. The quantitative estimate of drug-likeness (QED) is 0.590. The van der Waals surface area contributed by atoms with Crippen LogP contribution in [0.3, 0.4) is 0 Å². The van der Waals surface area contributed by atoms with E-state index in [1.54, 1.807) is 39.0 Å². The van der Waals surface area contributed by atoms with Crippen LogP contribution in [-0.2, 0) is 14.3 Å². The zero-order chi connectivity index (χ0) is 19.7. The number of hydrogen-bond acceptors (Lipinski definition) is 6. The second-order valence-corrected chi connectivity index (χ2v) is 6.30. The summed E-state index contributed by atoms with van der Waals surface area (Å²) in [5.41, 5.74) is 0.123. The van der Waals surface area contributed by atoms with Crippen LogP contribution in [0.1, 0.15) is 26.3 Å². The fourth-order valence-electron chi connectivity index (χ4n) is 1.85. The molecule has 0 heterocycles. The van der Waals surface area contributed by atoms with Gasteiger partial charge in [-0.05, 0) is 45.0 Å². The summed E-state index contributed by atoms with van der Waals surface area (Å²) in [6, 6.07) is 4.45. The lowest BCUT2D eigenvalue weighted by Gasteiger charge is -2.20. The van der Waals surface area contributed by atoms with Crippen molar-refractivity contribution in [3.63, 3.8) is 0 Å². The number of carbonyl (C=O) groups excluding carboxylic acids is 3. The Kier molecular flexibility index (Phi) is 7.64. The topological polar surface area (TPSA) is 103 Å². The van der Waals surface area contributed by atoms with Gasteiger partial charge in [-0.3, -0.25) is 10.1 Å². The molecule has 8 heteroatoms. The second-order valence-electron chi connectivity index (χ2n) is 6.30. The highest BCUT2D eigenvalue weighted by molar-refractivity contribution is 5.96. The van der Waals surface area contributed by atoms with Crippen LogP contribution in [0.4, 0.5) is 4.79 Å². The lowest BCUT2D eigenvalue weighted by Crippen LogP contribution is -2.49. The molecule has 0 saturated carbocycles. The highest BCUT2D eigenvalue weighted by Crippen LogP contribution is 2.25. The van der Waals surface area contributed by atoms with Gasteiger partial charge in [-0.25, -0.2) is 9.59 Å². The molecule has 1 aromatic rings. The van der Waals surface area contributed by atoms with Crippen molar-refractivity contribution < 1.29 is 28.6 Å². The van der Waals surface area contributed by atoms with E-state index in [0.717, 1.165) is 6.08 Å². The van der Waals surface area contributed by atoms with Crippen LogP contribution in [0, 0.1) is 0 Å². The summed E-state index contributed by atoms with van der Waals surface area (Å²) in [6.45, 7) is 4.74. The summed E-state index contributed by atoms with van der Waals surface area (Å²) in [5, 5.41) is 4.63. The SMILES string of the molecule is COc1ccc(OC)c(/C=C/C(=O)OCC(=O)NC(=O)NC(C)(C)C)c1. The maximum atomic E-state index is 11.7. The standard InChI is InChI=1S/C18H24N2O6/c1-18(2,3)20-17(23)19-15(21)11-26-16(22)9-6-12-10-13(24-4)7-8-14(12)25-5/h6-10H,11H2,1-5H3,(H2,19,20,21,23)/b9-6+. The fourth-order valence-corrected chi connectivity index (χ4v) is 1.85. The fraction of sp³-hybridized carbons (Fsp3) is 0.389. The number of ether oxygens (including phenoxy) is 3. The summed E-state index contributed by atoms with van der Waals surface area (Å²) >= 11 is 0. The molecule has 0 spiro atoms. The van der Waals surface area contributed by atoms with Crippen LogP contribution in [0.25, 0.3) is 6.08 Å². The largest absolute Gasteiger partial charge is 0.497 e. The van der Waals surface area contributed by atoms with E-state index in [9.17, 15) is 14.4 Å². The van der Waals surface area contributed by atoms with Gasteiger partial charge in [0.25, 0.3) is 5.91 Å². The van der Waals surface area contributed by atoms with Gasteiger partial charge in [0.05, 0.1) is 14.2 Å². The van der Waals surface area contributed by atoms with Gasteiger partial charge in [0.2, 0.25) is 0 Å². The van der Waals surface area contributed by atoms with Gasteiger partial charge in [-0.15, -0.1) is 0 Å². The minimum atomic E-state index is -0.735. The van der Waals surface area contributed by atoms with Crippen LogP contribution in [0.2, 0.25) is 0 Å². The zero-order valence-electron chi connectivity index (χ0n) is 15.5. The van der Waals surface area contributed by atoms with Crippen molar-refractivity contribution >= 4 is 24.0 Å². The Morgan fingerprint density at radius 2 is 1.81 bits per heavy atom. The Morgan fingerprint density at radius 1 is 1.12 bits per heavy atom. The first-order valence-corrected chi connectivity index (χ1v) is 7.83. The third-order valence-electron chi connectivity index (χ3n) is 2.92. The van der Waals surface area contributed by atoms with E-state index in [-0.39, 0.29) is 0 Å². The minimum absolute atomic E-state index is 0.487. The average molecular weight is 364 g/mol. The molecule has 0 aliphatic rings. The van der Waals surface area contributed by atoms with Crippen molar-refractivity contribution in [2.24, 2.45) is 0 Å². The Hall–Kier alpha value is -3.03. The van der Waals surface area contributed by atoms with Gasteiger partial charge < -0.3 is 19.5 Å². The normalized spacial score (nSPS) is 11.0. The molecular formula is C18H24N2O6. The van der Waals surface area contributed by atoms with Crippen molar-refractivity contribution in [1.82, 2.24) is 10.6 Å². The summed E-state index contributed by atoms with van der Waals surface area (Å²) in [6.07, 6.45) is 2.63. The van der Waals surface area contributed by atoms with Gasteiger partial charge in [-0.1, -0.05) is 0 Å². The van der Waals surface area contributed by atoms with E-state index in [4.69, 9.17) is 14.2 Å². The molecule has 1 aromatic carbocycles. The predicted molar refractivity (Wildman–Crippen MR) is 96.0 cm³/mol. The molecule has 0 aliphatic carbocycles. The molecule has 1 rings (SSSR count). The predicted octanol–water partition coefficient (Wildman–Crippen LogP) is 1.88. The summed E-state index contributed by atoms with van der Waals surface area (Å²) in [5.74, 6) is -0.316. The van der Waals surface area contributed by atoms with Crippen molar-refractivity contribution in [2.45, 2.75) is 26.3 Å². The monoisotopic (exact) mass is 364 g/mol. The Labute approximate surface area is 152 Å². The highest BCUT2D eigenvalue weighted by atomic mass is 16.5. The van der Waals surface area contributed by atoms with Crippen LogP contribution in [-0.4, -0.2) is 44.3 Å². The molecule has 0 radical (unpaired) electrons. The van der Waals surface area contributed by atoms with E-state index < -0.39 is 30.1 Å². The zero-order valence-corrected chi connectivity index (χ0v) is 15.5. The first-order valence-electron chi connectivity index (χ1n) is 7.83. The van der Waals surface area contributed by atoms with E-state index in [2.05, 4.69) is 10.6 Å². The minimum Gasteiger partial charge on any atom is -0.497 e. The number of esters is 1. The van der Waals surface area contributed by atoms with Crippen molar-refractivity contribution in [2.75, 3.05) is 20.8 Å². The van der Waals surface area contributed by atoms with Crippen LogP contribution in [0.15, 0.2) is 24.3 Å². The maximum absolute atomic E-state index is 11.7. The van der Waals surface area contributed by atoms with E-state index in [1.165, 1.54) is 20.3 Å². The number of carbonyl (C=O) groups is 3.